The fraction of sp³-hybridized carbons (Fsp3) is 0.250. The van der Waals surface area contributed by atoms with Crippen LogP contribution in [0.5, 0.6) is 0 Å². The third kappa shape index (κ3) is 4.53. The van der Waals surface area contributed by atoms with Gasteiger partial charge in [0.15, 0.2) is 0 Å². The van der Waals surface area contributed by atoms with Gasteiger partial charge >= 0.3 is 0 Å². The predicted octanol–water partition coefficient (Wildman–Crippen LogP) is 3.28. The Bertz CT molecular complexity index is 671. The van der Waals surface area contributed by atoms with Gasteiger partial charge in [0.05, 0.1) is 5.69 Å². The summed E-state index contributed by atoms with van der Waals surface area (Å²) in [5, 5.41) is 3.53. The number of alkyl halides is 1. The molecule has 1 aromatic carbocycles. The third-order valence-electron chi connectivity index (χ3n) is 2.49. The second kappa shape index (κ2) is 7.00. The van der Waals surface area contributed by atoms with Crippen molar-refractivity contribution in [3.05, 3.63) is 40.4 Å². The van der Waals surface area contributed by atoms with E-state index < -0.39 is 10.0 Å². The van der Waals surface area contributed by atoms with Crippen LogP contribution in [0.15, 0.2) is 29.6 Å². The van der Waals surface area contributed by atoms with Crippen LogP contribution in [-0.4, -0.2) is 24.6 Å². The number of benzene rings is 1. The van der Waals surface area contributed by atoms with Crippen LogP contribution < -0.4 is 4.72 Å². The van der Waals surface area contributed by atoms with Gasteiger partial charge in [-0.2, -0.15) is 0 Å². The Balaban J connectivity index is 1.97. The number of rotatable bonds is 6. The van der Waals surface area contributed by atoms with Gasteiger partial charge in [-0.25, -0.2) is 18.1 Å². The van der Waals surface area contributed by atoms with Crippen LogP contribution in [0, 0.1) is 0 Å². The number of aromatic nitrogens is 1. The zero-order valence-corrected chi connectivity index (χ0v) is 14.3. The quantitative estimate of drug-likeness (QED) is 0.764. The van der Waals surface area contributed by atoms with Crippen molar-refractivity contribution in [1.82, 2.24) is 9.71 Å². The topological polar surface area (TPSA) is 59.1 Å². The molecule has 1 heterocycles. The standard InChI is InChI=1S/C12H12BrClN2O2S2/c13-8-20(17,18)15-6-5-11-7-19-12(16-11)9-1-3-10(14)4-2-9/h1-4,7,15H,5-6,8H2. The number of hydrogen-bond donors (Lipinski definition) is 1. The lowest BCUT2D eigenvalue weighted by Crippen LogP contribution is -2.26. The van der Waals surface area contributed by atoms with E-state index in [4.69, 9.17) is 11.6 Å². The third-order valence-corrected chi connectivity index (χ3v) is 6.42. The van der Waals surface area contributed by atoms with Gasteiger partial charge in [0, 0.05) is 28.9 Å². The van der Waals surface area contributed by atoms with Crippen LogP contribution in [0.1, 0.15) is 5.69 Å². The molecule has 108 valence electrons. The van der Waals surface area contributed by atoms with Crippen molar-refractivity contribution in [3.8, 4) is 10.6 Å². The highest BCUT2D eigenvalue weighted by Crippen LogP contribution is 2.25. The van der Waals surface area contributed by atoms with E-state index in [-0.39, 0.29) is 4.66 Å². The van der Waals surface area contributed by atoms with Crippen LogP contribution in [0.2, 0.25) is 5.02 Å². The van der Waals surface area contributed by atoms with Gasteiger partial charge in [0.2, 0.25) is 10.0 Å². The fourth-order valence-corrected chi connectivity index (χ4v) is 3.48. The zero-order valence-electron chi connectivity index (χ0n) is 10.3. The first-order valence-corrected chi connectivity index (χ1v) is 9.77. The summed E-state index contributed by atoms with van der Waals surface area (Å²) in [6.07, 6.45) is 0.566. The summed E-state index contributed by atoms with van der Waals surface area (Å²) < 4.78 is 24.9. The molecule has 0 spiro atoms. The number of nitrogens with one attached hydrogen (secondary N) is 1. The minimum atomic E-state index is -3.21. The number of nitrogens with zero attached hydrogens (tertiary/aromatic N) is 1. The van der Waals surface area contributed by atoms with Crippen molar-refractivity contribution >= 4 is 48.9 Å². The van der Waals surface area contributed by atoms with E-state index in [2.05, 4.69) is 25.6 Å². The first kappa shape index (κ1) is 15.9. The predicted molar refractivity (Wildman–Crippen MR) is 87.0 cm³/mol. The smallest absolute Gasteiger partial charge is 0.221 e. The summed E-state index contributed by atoms with van der Waals surface area (Å²) in [7, 11) is -3.21. The van der Waals surface area contributed by atoms with Crippen LogP contribution in [0.3, 0.4) is 0 Å². The Morgan fingerprint density at radius 1 is 1.30 bits per heavy atom. The fourth-order valence-electron chi connectivity index (χ4n) is 1.52. The molecule has 4 nitrogen and oxygen atoms in total. The molecule has 0 unspecified atom stereocenters. The van der Waals surface area contributed by atoms with E-state index in [1.54, 1.807) is 0 Å². The summed E-state index contributed by atoms with van der Waals surface area (Å²) in [6, 6.07) is 7.47. The van der Waals surface area contributed by atoms with Gasteiger partial charge in [0.25, 0.3) is 0 Å². The van der Waals surface area contributed by atoms with Gasteiger partial charge in [0.1, 0.15) is 9.67 Å². The highest BCUT2D eigenvalue weighted by Gasteiger charge is 2.08. The summed E-state index contributed by atoms with van der Waals surface area (Å²) in [5.41, 5.74) is 1.88. The molecule has 0 aliphatic heterocycles. The van der Waals surface area contributed by atoms with Crippen molar-refractivity contribution in [3.63, 3.8) is 0 Å². The van der Waals surface area contributed by atoms with E-state index in [0.717, 1.165) is 16.3 Å². The molecule has 0 saturated heterocycles. The van der Waals surface area contributed by atoms with Crippen LogP contribution in [0.4, 0.5) is 0 Å². The maximum absolute atomic E-state index is 11.3. The normalized spacial score (nSPS) is 11.7. The Kier molecular flexibility index (Phi) is 5.57. The summed E-state index contributed by atoms with van der Waals surface area (Å²) >= 11 is 10.3. The second-order valence-electron chi connectivity index (χ2n) is 4.02. The second-order valence-corrected chi connectivity index (χ2v) is 8.42. The van der Waals surface area contributed by atoms with Crippen molar-refractivity contribution in [2.24, 2.45) is 0 Å². The molecule has 0 saturated carbocycles. The Hall–Kier alpha value is -0.470. The van der Waals surface area contributed by atoms with Crippen molar-refractivity contribution in [2.45, 2.75) is 6.42 Å². The van der Waals surface area contributed by atoms with E-state index in [1.807, 2.05) is 29.6 Å². The zero-order chi connectivity index (χ0) is 14.6. The molecular weight excluding hydrogens is 384 g/mol. The van der Waals surface area contributed by atoms with Gasteiger partial charge in [-0.1, -0.05) is 39.7 Å². The Morgan fingerprint density at radius 3 is 2.65 bits per heavy atom. The molecular formula is C12H12BrClN2O2S2. The SMILES string of the molecule is O=S(=O)(CBr)NCCc1csc(-c2ccc(Cl)cc2)n1. The highest BCUT2D eigenvalue weighted by molar-refractivity contribution is 9.10. The van der Waals surface area contributed by atoms with E-state index in [1.165, 1.54) is 11.3 Å². The van der Waals surface area contributed by atoms with Crippen molar-refractivity contribution < 1.29 is 8.42 Å². The van der Waals surface area contributed by atoms with Gasteiger partial charge in [-0.3, -0.25) is 0 Å². The minimum Gasteiger partial charge on any atom is -0.241 e. The Morgan fingerprint density at radius 2 is 2.00 bits per heavy atom. The van der Waals surface area contributed by atoms with Crippen molar-refractivity contribution in [2.75, 3.05) is 11.2 Å². The molecule has 1 aromatic heterocycles. The van der Waals surface area contributed by atoms with Gasteiger partial charge in [-0.15, -0.1) is 11.3 Å². The molecule has 20 heavy (non-hydrogen) atoms. The maximum Gasteiger partial charge on any atom is 0.221 e. The summed E-state index contributed by atoms with van der Waals surface area (Å²) in [5.74, 6) is 0. The first-order chi connectivity index (χ1) is 9.50. The molecule has 0 amide bonds. The average Bonchev–Trinajstić information content (AvgIpc) is 2.88. The monoisotopic (exact) mass is 394 g/mol. The summed E-state index contributed by atoms with van der Waals surface area (Å²) in [6.45, 7) is 0.345. The average molecular weight is 396 g/mol. The van der Waals surface area contributed by atoms with Gasteiger partial charge < -0.3 is 0 Å². The minimum absolute atomic E-state index is 0.0902. The van der Waals surface area contributed by atoms with E-state index >= 15 is 0 Å². The van der Waals surface area contributed by atoms with Crippen LogP contribution in [-0.2, 0) is 16.4 Å². The van der Waals surface area contributed by atoms with Crippen molar-refractivity contribution in [1.29, 1.82) is 0 Å². The molecule has 0 bridgehead atoms. The molecule has 8 heteroatoms. The van der Waals surface area contributed by atoms with Crippen LogP contribution >= 0.6 is 38.9 Å². The Labute approximate surface area is 135 Å². The molecule has 0 fully saturated rings. The van der Waals surface area contributed by atoms with Gasteiger partial charge in [-0.05, 0) is 12.1 Å². The molecule has 0 aliphatic carbocycles. The first-order valence-electron chi connectivity index (χ1n) is 5.74. The molecule has 0 atom stereocenters. The largest absolute Gasteiger partial charge is 0.241 e. The number of sulfonamides is 1. The molecule has 1 N–H and O–H groups in total. The number of halogens is 2. The lowest BCUT2D eigenvalue weighted by molar-refractivity contribution is 0.586. The molecule has 2 rings (SSSR count). The molecule has 2 aromatic rings. The summed E-state index contributed by atoms with van der Waals surface area (Å²) in [4.78, 5) is 4.48. The molecule has 0 aliphatic rings. The van der Waals surface area contributed by atoms with E-state index in [0.29, 0.717) is 18.0 Å². The number of thiazole rings is 1. The number of hydrogen-bond acceptors (Lipinski definition) is 4. The lowest BCUT2D eigenvalue weighted by atomic mass is 10.2. The maximum atomic E-state index is 11.3. The molecule has 0 radical (unpaired) electrons. The van der Waals surface area contributed by atoms with E-state index in [9.17, 15) is 8.42 Å². The lowest BCUT2D eigenvalue weighted by Gasteiger charge is -2.01. The van der Waals surface area contributed by atoms with Crippen LogP contribution in [0.25, 0.3) is 10.6 Å². The highest BCUT2D eigenvalue weighted by atomic mass is 79.9.